The fourth-order valence-corrected chi connectivity index (χ4v) is 2.53. The molecule has 0 radical (unpaired) electrons. The summed E-state index contributed by atoms with van der Waals surface area (Å²) in [7, 11) is 0. The lowest BCUT2D eigenvalue weighted by atomic mass is 10.0. The van der Waals surface area contributed by atoms with Gasteiger partial charge in [-0.1, -0.05) is 40.9 Å². The summed E-state index contributed by atoms with van der Waals surface area (Å²) in [5, 5.41) is 0.667. The number of ether oxygens (including phenoxy) is 1. The Morgan fingerprint density at radius 2 is 1.64 bits per heavy atom. The third-order valence-corrected chi connectivity index (χ3v) is 3.56. The van der Waals surface area contributed by atoms with Crippen LogP contribution in [0, 0.1) is 13.8 Å². The number of esters is 1. The molecule has 2 rings (SSSR count). The van der Waals surface area contributed by atoms with Crippen molar-refractivity contribution in [3.05, 3.63) is 68.7 Å². The highest BCUT2D eigenvalue weighted by molar-refractivity contribution is 6.35. The average molecular weight is 337 g/mol. The quantitative estimate of drug-likeness (QED) is 0.602. The van der Waals surface area contributed by atoms with Gasteiger partial charge in [0.25, 0.3) is 0 Å². The van der Waals surface area contributed by atoms with Gasteiger partial charge in [0.2, 0.25) is 5.78 Å². The van der Waals surface area contributed by atoms with Gasteiger partial charge in [0.15, 0.2) is 6.61 Å². The van der Waals surface area contributed by atoms with E-state index in [4.69, 9.17) is 27.9 Å². The van der Waals surface area contributed by atoms with Crippen LogP contribution in [0.15, 0.2) is 36.4 Å². The first-order valence-corrected chi connectivity index (χ1v) is 7.36. The molecule has 0 saturated heterocycles. The summed E-state index contributed by atoms with van der Waals surface area (Å²) in [6.07, 6.45) is 0. The third-order valence-electron chi connectivity index (χ3n) is 3.13. The third kappa shape index (κ3) is 4.09. The van der Waals surface area contributed by atoms with Crippen molar-refractivity contribution in [2.75, 3.05) is 6.61 Å². The van der Waals surface area contributed by atoms with Crippen LogP contribution in [-0.2, 0) is 4.74 Å². The van der Waals surface area contributed by atoms with Crippen LogP contribution in [0.5, 0.6) is 0 Å². The van der Waals surface area contributed by atoms with E-state index in [-0.39, 0.29) is 18.0 Å². The summed E-state index contributed by atoms with van der Waals surface area (Å²) in [5.41, 5.74) is 2.59. The van der Waals surface area contributed by atoms with Crippen molar-refractivity contribution in [2.45, 2.75) is 13.8 Å². The Hall–Kier alpha value is -1.84. The van der Waals surface area contributed by atoms with Crippen LogP contribution in [0.25, 0.3) is 0 Å². The zero-order valence-corrected chi connectivity index (χ0v) is 13.7. The Balaban J connectivity index is 2.07. The van der Waals surface area contributed by atoms with Crippen molar-refractivity contribution < 1.29 is 14.3 Å². The molecule has 0 aliphatic carbocycles. The van der Waals surface area contributed by atoms with Gasteiger partial charge < -0.3 is 4.74 Å². The SMILES string of the molecule is Cc1ccc(C)c(C(=O)COC(=O)c2cc(Cl)cc(Cl)c2)c1. The maximum atomic E-state index is 12.2. The smallest absolute Gasteiger partial charge is 0.338 e. The van der Waals surface area contributed by atoms with Crippen molar-refractivity contribution in [2.24, 2.45) is 0 Å². The predicted molar refractivity (Wildman–Crippen MR) is 87.0 cm³/mol. The lowest BCUT2D eigenvalue weighted by Gasteiger charge is -2.08. The molecular formula is C17H14Cl2O3. The summed E-state index contributed by atoms with van der Waals surface area (Å²) >= 11 is 11.7. The monoisotopic (exact) mass is 336 g/mol. The summed E-state index contributed by atoms with van der Waals surface area (Å²) in [5.74, 6) is -0.884. The van der Waals surface area contributed by atoms with E-state index in [0.29, 0.717) is 15.6 Å². The van der Waals surface area contributed by atoms with Crippen molar-refractivity contribution >= 4 is 35.0 Å². The van der Waals surface area contributed by atoms with E-state index in [0.717, 1.165) is 11.1 Å². The number of Topliss-reactive ketones (excluding diaryl/α,β-unsaturated/α-hetero) is 1. The van der Waals surface area contributed by atoms with E-state index in [1.165, 1.54) is 18.2 Å². The molecule has 5 heteroatoms. The molecule has 0 aromatic heterocycles. The van der Waals surface area contributed by atoms with Crippen LogP contribution in [0.3, 0.4) is 0 Å². The Morgan fingerprint density at radius 1 is 1.00 bits per heavy atom. The topological polar surface area (TPSA) is 43.4 Å². The van der Waals surface area contributed by atoms with Crippen molar-refractivity contribution in [1.82, 2.24) is 0 Å². The number of carbonyl (C=O) groups excluding carboxylic acids is 2. The molecule has 0 fully saturated rings. The van der Waals surface area contributed by atoms with Gasteiger partial charge in [0.05, 0.1) is 5.56 Å². The maximum absolute atomic E-state index is 12.2. The van der Waals surface area contributed by atoms with Crippen LogP contribution < -0.4 is 0 Å². The normalized spacial score (nSPS) is 10.4. The fourth-order valence-electron chi connectivity index (χ4n) is 2.00. The second-order valence-corrected chi connectivity index (χ2v) is 5.85. The molecular weight excluding hydrogens is 323 g/mol. The van der Waals surface area contributed by atoms with Gasteiger partial charge in [-0.2, -0.15) is 0 Å². The molecule has 0 amide bonds. The molecule has 0 spiro atoms. The number of hydrogen-bond donors (Lipinski definition) is 0. The maximum Gasteiger partial charge on any atom is 0.338 e. The molecule has 0 unspecified atom stereocenters. The number of aryl methyl sites for hydroxylation is 2. The first-order chi connectivity index (χ1) is 10.4. The van der Waals surface area contributed by atoms with E-state index >= 15 is 0 Å². The number of halogens is 2. The van der Waals surface area contributed by atoms with Gasteiger partial charge in [-0.3, -0.25) is 4.79 Å². The minimum absolute atomic E-state index is 0.214. The van der Waals surface area contributed by atoms with Gasteiger partial charge in [0, 0.05) is 15.6 Å². The van der Waals surface area contributed by atoms with Gasteiger partial charge in [-0.15, -0.1) is 0 Å². The Kier molecular flexibility index (Phi) is 5.22. The lowest BCUT2D eigenvalue weighted by molar-refractivity contribution is 0.0474. The van der Waals surface area contributed by atoms with Gasteiger partial charge in [-0.25, -0.2) is 4.79 Å². The number of hydrogen-bond acceptors (Lipinski definition) is 3. The Labute approximate surface area is 138 Å². The Bertz CT molecular complexity index is 718. The van der Waals surface area contributed by atoms with E-state index in [1.54, 1.807) is 6.07 Å². The molecule has 0 saturated carbocycles. The van der Waals surface area contributed by atoms with Crippen LogP contribution >= 0.6 is 23.2 Å². The summed E-state index contributed by atoms with van der Waals surface area (Å²) in [6, 6.07) is 9.96. The minimum atomic E-state index is -0.636. The van der Waals surface area contributed by atoms with E-state index < -0.39 is 5.97 Å². The van der Waals surface area contributed by atoms with Crippen LogP contribution in [0.4, 0.5) is 0 Å². The second-order valence-electron chi connectivity index (χ2n) is 4.98. The molecule has 0 atom stereocenters. The first-order valence-electron chi connectivity index (χ1n) is 6.60. The zero-order valence-electron chi connectivity index (χ0n) is 12.2. The highest BCUT2D eigenvalue weighted by Crippen LogP contribution is 2.20. The van der Waals surface area contributed by atoms with Crippen molar-refractivity contribution in [1.29, 1.82) is 0 Å². The molecule has 0 heterocycles. The first kappa shape index (κ1) is 16.5. The molecule has 22 heavy (non-hydrogen) atoms. The molecule has 0 bridgehead atoms. The van der Waals surface area contributed by atoms with Crippen LogP contribution in [0.2, 0.25) is 10.0 Å². The molecule has 2 aromatic rings. The largest absolute Gasteiger partial charge is 0.454 e. The summed E-state index contributed by atoms with van der Waals surface area (Å²) in [6.45, 7) is 3.41. The predicted octanol–water partition coefficient (Wildman–Crippen LogP) is 4.65. The Morgan fingerprint density at radius 3 is 2.27 bits per heavy atom. The number of benzene rings is 2. The summed E-state index contributed by atoms with van der Waals surface area (Å²) < 4.78 is 5.04. The molecule has 3 nitrogen and oxygen atoms in total. The minimum Gasteiger partial charge on any atom is -0.454 e. The fraction of sp³-hybridized carbons (Fsp3) is 0.176. The highest BCUT2D eigenvalue weighted by Gasteiger charge is 2.14. The van der Waals surface area contributed by atoms with Gasteiger partial charge in [0.1, 0.15) is 0 Å². The molecule has 0 N–H and O–H groups in total. The number of ketones is 1. The van der Waals surface area contributed by atoms with E-state index in [2.05, 4.69) is 0 Å². The van der Waals surface area contributed by atoms with Gasteiger partial charge >= 0.3 is 5.97 Å². The number of rotatable bonds is 4. The number of carbonyl (C=O) groups is 2. The van der Waals surface area contributed by atoms with E-state index in [9.17, 15) is 9.59 Å². The van der Waals surface area contributed by atoms with Crippen molar-refractivity contribution in [3.8, 4) is 0 Å². The highest BCUT2D eigenvalue weighted by atomic mass is 35.5. The van der Waals surface area contributed by atoms with Crippen LogP contribution in [0.1, 0.15) is 31.8 Å². The lowest BCUT2D eigenvalue weighted by Crippen LogP contribution is -2.15. The second kappa shape index (κ2) is 6.95. The summed E-state index contributed by atoms with van der Waals surface area (Å²) in [4.78, 5) is 24.1. The molecule has 0 aliphatic heterocycles. The van der Waals surface area contributed by atoms with Gasteiger partial charge in [-0.05, 0) is 43.7 Å². The molecule has 0 aliphatic rings. The standard InChI is InChI=1S/C17H14Cl2O3/c1-10-3-4-11(2)15(5-10)16(20)9-22-17(21)12-6-13(18)8-14(19)7-12/h3-8H,9H2,1-2H3. The van der Waals surface area contributed by atoms with Crippen molar-refractivity contribution in [3.63, 3.8) is 0 Å². The molecule has 2 aromatic carbocycles. The van der Waals surface area contributed by atoms with E-state index in [1.807, 2.05) is 26.0 Å². The molecule has 114 valence electrons. The average Bonchev–Trinajstić information content (AvgIpc) is 2.45. The van der Waals surface area contributed by atoms with Crippen LogP contribution in [-0.4, -0.2) is 18.4 Å². The zero-order chi connectivity index (χ0) is 16.3.